The van der Waals surface area contributed by atoms with Crippen LogP contribution in [0.25, 0.3) is 0 Å². The highest BCUT2D eigenvalue weighted by Gasteiger charge is 2.44. The Balaban J connectivity index is 1.59. The molecule has 0 bridgehead atoms. The molecule has 0 spiro atoms. The standard InChI is InChI=1S/C35H57O10P/c1-21(2)12-9-13-22(3)14-10-15-23(4)16-11-18-35(8)19-17-27-26(7)30(24(5)25(6)31(27)43-35)44-46(40,41)45-33-29(38)32(28(37)20-36)42-34(33)39/h21-23,28,32,36-38H,9-20H2,1-8H3,(H,40,41)/t22-,23-,28+,32?,35-/m1/s1. The minimum Gasteiger partial charge on any atom is -0.505 e. The number of fused-ring (bicyclic) bond motifs is 1. The Hall–Kier alpha value is -2.26. The first-order valence-corrected chi connectivity index (χ1v) is 18.4. The molecule has 4 N–H and O–H groups in total. The van der Waals surface area contributed by atoms with Crippen molar-refractivity contribution in [1.29, 1.82) is 0 Å². The van der Waals surface area contributed by atoms with E-state index in [1.54, 1.807) is 13.8 Å². The molecule has 6 atom stereocenters. The lowest BCUT2D eigenvalue weighted by Crippen LogP contribution is -2.37. The molecule has 0 saturated carbocycles. The number of benzene rings is 1. The SMILES string of the molecule is Cc1c(C)c2c(c(C)c1OP(=O)(O)OC1=C(O)C([C@@H](O)CO)OC1=O)CC[C@@](C)(CCC[C@H](C)CCC[C@H](C)CCCC(C)C)O2. The van der Waals surface area contributed by atoms with Crippen LogP contribution in [0.5, 0.6) is 11.5 Å². The van der Waals surface area contributed by atoms with E-state index in [0.717, 1.165) is 48.0 Å². The summed E-state index contributed by atoms with van der Waals surface area (Å²) < 4.78 is 34.9. The van der Waals surface area contributed by atoms with E-state index in [9.17, 15) is 24.5 Å². The van der Waals surface area contributed by atoms with E-state index in [1.165, 1.54) is 44.9 Å². The minimum atomic E-state index is -4.99. The highest BCUT2D eigenvalue weighted by atomic mass is 31.2. The number of carbonyl (C=O) groups is 1. The fourth-order valence-corrected chi connectivity index (χ4v) is 7.49. The zero-order valence-electron chi connectivity index (χ0n) is 29.1. The number of cyclic esters (lactones) is 1. The van der Waals surface area contributed by atoms with E-state index >= 15 is 0 Å². The van der Waals surface area contributed by atoms with Crippen LogP contribution in [0.4, 0.5) is 0 Å². The van der Waals surface area contributed by atoms with Crippen molar-refractivity contribution in [2.45, 2.75) is 144 Å². The van der Waals surface area contributed by atoms with Crippen molar-refractivity contribution in [3.05, 3.63) is 33.8 Å². The van der Waals surface area contributed by atoms with Gasteiger partial charge in [0.15, 0.2) is 11.9 Å². The molecular formula is C35H57O10P. The van der Waals surface area contributed by atoms with E-state index in [-0.39, 0.29) is 11.4 Å². The maximum Gasteiger partial charge on any atom is 0.585 e. The number of hydrogen-bond donors (Lipinski definition) is 4. The number of phosphoric ester groups is 1. The molecular weight excluding hydrogens is 611 g/mol. The summed E-state index contributed by atoms with van der Waals surface area (Å²) in [7, 11) is -4.99. The fourth-order valence-electron chi connectivity index (χ4n) is 6.55. The molecule has 11 heteroatoms. The molecule has 0 aliphatic carbocycles. The molecule has 2 unspecified atom stereocenters. The Kier molecular flexibility index (Phi) is 13.5. The molecule has 262 valence electrons. The number of carbonyl (C=O) groups excluding carboxylic acids is 1. The maximum atomic E-state index is 13.0. The number of phosphoric acid groups is 1. The average molecular weight is 669 g/mol. The number of ether oxygens (including phenoxy) is 2. The van der Waals surface area contributed by atoms with Gasteiger partial charge >= 0.3 is 13.8 Å². The van der Waals surface area contributed by atoms with Crippen LogP contribution in [0.3, 0.4) is 0 Å². The molecule has 0 amide bonds. The molecule has 46 heavy (non-hydrogen) atoms. The molecule has 2 aliphatic rings. The van der Waals surface area contributed by atoms with Crippen LogP contribution in [-0.4, -0.2) is 50.6 Å². The van der Waals surface area contributed by atoms with Gasteiger partial charge in [-0.2, -0.15) is 0 Å². The largest absolute Gasteiger partial charge is 0.585 e. The molecule has 0 aromatic heterocycles. The summed E-state index contributed by atoms with van der Waals surface area (Å²) >= 11 is 0. The molecule has 2 heterocycles. The number of rotatable bonds is 18. The van der Waals surface area contributed by atoms with Crippen LogP contribution in [0, 0.1) is 38.5 Å². The van der Waals surface area contributed by atoms with Crippen LogP contribution in [0.15, 0.2) is 11.5 Å². The van der Waals surface area contributed by atoms with Gasteiger partial charge in [0.05, 0.1) is 6.61 Å². The third-order valence-electron chi connectivity index (χ3n) is 9.71. The van der Waals surface area contributed by atoms with Crippen molar-refractivity contribution < 1.29 is 48.1 Å². The van der Waals surface area contributed by atoms with Crippen molar-refractivity contribution in [3.8, 4) is 11.5 Å². The lowest BCUT2D eigenvalue weighted by Gasteiger charge is -2.38. The predicted molar refractivity (Wildman–Crippen MR) is 177 cm³/mol. The van der Waals surface area contributed by atoms with E-state index in [2.05, 4.69) is 34.6 Å². The first-order chi connectivity index (χ1) is 21.5. The molecule has 0 fully saturated rings. The van der Waals surface area contributed by atoms with Gasteiger partial charge in [0.1, 0.15) is 23.2 Å². The van der Waals surface area contributed by atoms with Gasteiger partial charge in [-0.3, -0.25) is 4.89 Å². The van der Waals surface area contributed by atoms with Gasteiger partial charge in [-0.25, -0.2) is 9.36 Å². The second-order valence-electron chi connectivity index (χ2n) is 14.4. The van der Waals surface area contributed by atoms with Gasteiger partial charge in [-0.1, -0.05) is 72.6 Å². The van der Waals surface area contributed by atoms with Crippen LogP contribution in [0.1, 0.15) is 121 Å². The van der Waals surface area contributed by atoms with Crippen LogP contribution in [0.2, 0.25) is 0 Å². The predicted octanol–water partition coefficient (Wildman–Crippen LogP) is 7.68. The molecule has 3 rings (SSSR count). The monoisotopic (exact) mass is 668 g/mol. The van der Waals surface area contributed by atoms with Gasteiger partial charge in [0.2, 0.25) is 0 Å². The molecule has 0 radical (unpaired) electrons. The van der Waals surface area contributed by atoms with E-state index < -0.39 is 44.1 Å². The first kappa shape index (κ1) is 38.2. The highest BCUT2D eigenvalue weighted by molar-refractivity contribution is 7.48. The molecule has 1 aromatic carbocycles. The van der Waals surface area contributed by atoms with E-state index in [1.807, 2.05) is 6.92 Å². The van der Waals surface area contributed by atoms with Crippen molar-refractivity contribution in [1.82, 2.24) is 0 Å². The number of aliphatic hydroxyl groups is 3. The van der Waals surface area contributed by atoms with E-state index in [0.29, 0.717) is 23.5 Å². The lowest BCUT2D eigenvalue weighted by molar-refractivity contribution is -0.147. The average Bonchev–Trinajstić information content (AvgIpc) is 3.25. The van der Waals surface area contributed by atoms with Gasteiger partial charge in [0.25, 0.3) is 5.76 Å². The Labute approximate surface area is 275 Å². The van der Waals surface area contributed by atoms with Gasteiger partial charge < -0.3 is 33.8 Å². The second kappa shape index (κ2) is 16.2. The second-order valence-corrected chi connectivity index (χ2v) is 15.7. The summed E-state index contributed by atoms with van der Waals surface area (Å²) in [5.74, 6) is 0.0670. The quantitative estimate of drug-likeness (QED) is 0.0905. The van der Waals surface area contributed by atoms with Crippen molar-refractivity contribution in [2.75, 3.05) is 6.61 Å². The van der Waals surface area contributed by atoms with Crippen molar-refractivity contribution in [2.24, 2.45) is 17.8 Å². The first-order valence-electron chi connectivity index (χ1n) is 16.9. The van der Waals surface area contributed by atoms with E-state index in [4.69, 9.17) is 23.6 Å². The third-order valence-corrected chi connectivity index (χ3v) is 10.5. The molecule has 1 aromatic rings. The summed E-state index contributed by atoms with van der Waals surface area (Å²) in [6.07, 6.45) is 9.29. The zero-order chi connectivity index (χ0) is 34.4. The topological polar surface area (TPSA) is 152 Å². The Morgan fingerprint density at radius 1 is 0.935 bits per heavy atom. The Morgan fingerprint density at radius 3 is 2.11 bits per heavy atom. The summed E-state index contributed by atoms with van der Waals surface area (Å²) in [5, 5.41) is 29.1. The fraction of sp³-hybridized carbons (Fsp3) is 0.743. The van der Waals surface area contributed by atoms with Crippen molar-refractivity contribution >= 4 is 13.8 Å². The normalized spacial score (nSPS) is 23.0. The molecule has 2 aliphatic heterocycles. The Bertz CT molecular complexity index is 1290. The van der Waals surface area contributed by atoms with Gasteiger partial charge in [-0.05, 0) is 87.8 Å². The summed E-state index contributed by atoms with van der Waals surface area (Å²) in [5.41, 5.74) is 2.57. The Morgan fingerprint density at radius 2 is 1.52 bits per heavy atom. The van der Waals surface area contributed by atoms with Gasteiger partial charge in [-0.15, -0.1) is 0 Å². The van der Waals surface area contributed by atoms with Crippen molar-refractivity contribution in [3.63, 3.8) is 0 Å². The highest BCUT2D eigenvalue weighted by Crippen LogP contribution is 2.52. The number of aliphatic hydroxyl groups excluding tert-OH is 3. The summed E-state index contributed by atoms with van der Waals surface area (Å²) in [6.45, 7) is 16.1. The van der Waals surface area contributed by atoms with Gasteiger partial charge in [0, 0.05) is 5.56 Å². The number of esters is 1. The van der Waals surface area contributed by atoms with Crippen LogP contribution >= 0.6 is 7.82 Å². The maximum absolute atomic E-state index is 13.0. The molecule has 10 nitrogen and oxygen atoms in total. The zero-order valence-corrected chi connectivity index (χ0v) is 30.0. The summed E-state index contributed by atoms with van der Waals surface area (Å²) in [6, 6.07) is 0. The lowest BCUT2D eigenvalue weighted by atomic mass is 9.84. The molecule has 0 saturated heterocycles. The third kappa shape index (κ3) is 9.88. The van der Waals surface area contributed by atoms with Crippen LogP contribution < -0.4 is 9.26 Å². The smallest absolute Gasteiger partial charge is 0.505 e. The summed E-state index contributed by atoms with van der Waals surface area (Å²) in [4.78, 5) is 22.7. The minimum absolute atomic E-state index is 0.135. The van der Waals surface area contributed by atoms with Crippen LogP contribution in [-0.2, 0) is 25.0 Å². The number of hydrogen-bond acceptors (Lipinski definition) is 9.